The molecule has 0 spiro atoms. The lowest BCUT2D eigenvalue weighted by molar-refractivity contribution is 0.769. The Morgan fingerprint density at radius 3 is 2.59 bits per heavy atom. The van der Waals surface area contributed by atoms with Gasteiger partial charge in [-0.25, -0.2) is 14.6 Å². The van der Waals surface area contributed by atoms with E-state index in [-0.39, 0.29) is 0 Å². The van der Waals surface area contributed by atoms with E-state index in [4.69, 9.17) is 0 Å². The number of anilines is 1. The molecule has 17 heavy (non-hydrogen) atoms. The molecule has 0 unspecified atom stereocenters. The largest absolute Gasteiger partial charge is 0.373 e. The highest BCUT2D eigenvalue weighted by molar-refractivity contribution is 5.52. The molecule has 0 radical (unpaired) electrons. The summed E-state index contributed by atoms with van der Waals surface area (Å²) >= 11 is 0. The molecular formula is C12H17N5. The normalized spacial score (nSPS) is 10.9. The third-order valence-electron chi connectivity index (χ3n) is 2.62. The molecule has 0 saturated heterocycles. The third kappa shape index (κ3) is 2.13. The van der Waals surface area contributed by atoms with Crippen LogP contribution in [-0.2, 0) is 0 Å². The van der Waals surface area contributed by atoms with Crippen molar-refractivity contribution in [1.29, 1.82) is 0 Å². The Morgan fingerprint density at radius 1 is 1.29 bits per heavy atom. The minimum atomic E-state index is 0.332. The van der Waals surface area contributed by atoms with Gasteiger partial charge in [0.05, 0.1) is 5.69 Å². The SMILES string of the molecule is CNc1ncnc(-n2ccc(C)n2)c1C(C)C. The molecule has 90 valence electrons. The van der Waals surface area contributed by atoms with Crippen molar-refractivity contribution in [1.82, 2.24) is 19.7 Å². The number of hydrogen-bond acceptors (Lipinski definition) is 4. The number of aryl methyl sites for hydroxylation is 1. The molecule has 2 aromatic rings. The van der Waals surface area contributed by atoms with Gasteiger partial charge in [0, 0.05) is 18.8 Å². The van der Waals surface area contributed by atoms with Crippen molar-refractivity contribution in [3.8, 4) is 5.82 Å². The molecule has 0 aliphatic heterocycles. The highest BCUT2D eigenvalue weighted by Gasteiger charge is 2.15. The van der Waals surface area contributed by atoms with Crippen LogP contribution in [0.15, 0.2) is 18.6 Å². The van der Waals surface area contributed by atoms with Crippen molar-refractivity contribution >= 4 is 5.82 Å². The Balaban J connectivity index is 2.60. The molecule has 0 aliphatic carbocycles. The minimum Gasteiger partial charge on any atom is -0.373 e. The molecule has 0 atom stereocenters. The van der Waals surface area contributed by atoms with Crippen LogP contribution in [0.1, 0.15) is 31.0 Å². The summed E-state index contributed by atoms with van der Waals surface area (Å²) in [7, 11) is 1.87. The number of aromatic nitrogens is 4. The third-order valence-corrected chi connectivity index (χ3v) is 2.62. The quantitative estimate of drug-likeness (QED) is 0.879. The lowest BCUT2D eigenvalue weighted by Gasteiger charge is -2.15. The predicted octanol–water partition coefficient (Wildman–Crippen LogP) is 2.14. The standard InChI is InChI=1S/C12H17N5/c1-8(2)10-11(13-4)14-7-15-12(10)17-6-5-9(3)16-17/h5-8H,1-4H3,(H,13,14,15). The van der Waals surface area contributed by atoms with Gasteiger partial charge in [-0.05, 0) is 18.9 Å². The van der Waals surface area contributed by atoms with Gasteiger partial charge in [-0.1, -0.05) is 13.8 Å². The van der Waals surface area contributed by atoms with E-state index in [0.29, 0.717) is 5.92 Å². The van der Waals surface area contributed by atoms with Crippen molar-refractivity contribution in [3.63, 3.8) is 0 Å². The van der Waals surface area contributed by atoms with E-state index in [2.05, 4.69) is 34.2 Å². The molecule has 5 nitrogen and oxygen atoms in total. The fraction of sp³-hybridized carbons (Fsp3) is 0.417. The molecule has 0 saturated carbocycles. The van der Waals surface area contributed by atoms with Crippen molar-refractivity contribution < 1.29 is 0 Å². The second-order valence-corrected chi connectivity index (χ2v) is 4.27. The molecule has 0 bridgehead atoms. The van der Waals surface area contributed by atoms with Crippen LogP contribution >= 0.6 is 0 Å². The molecule has 2 heterocycles. The molecular weight excluding hydrogens is 214 g/mol. The predicted molar refractivity (Wildman–Crippen MR) is 67.5 cm³/mol. The average molecular weight is 231 g/mol. The van der Waals surface area contributed by atoms with Gasteiger partial charge in [-0.15, -0.1) is 0 Å². The van der Waals surface area contributed by atoms with Crippen LogP contribution in [0, 0.1) is 6.92 Å². The zero-order valence-electron chi connectivity index (χ0n) is 10.6. The Hall–Kier alpha value is -1.91. The molecule has 5 heteroatoms. The Kier molecular flexibility index (Phi) is 3.08. The zero-order chi connectivity index (χ0) is 12.4. The zero-order valence-corrected chi connectivity index (χ0v) is 10.6. The second kappa shape index (κ2) is 4.53. The summed E-state index contributed by atoms with van der Waals surface area (Å²) in [5.74, 6) is 2.03. The first kappa shape index (κ1) is 11.6. The van der Waals surface area contributed by atoms with Gasteiger partial charge in [0.1, 0.15) is 12.1 Å². The summed E-state index contributed by atoms with van der Waals surface area (Å²) in [5, 5.41) is 7.50. The van der Waals surface area contributed by atoms with E-state index in [0.717, 1.165) is 22.9 Å². The fourth-order valence-corrected chi connectivity index (χ4v) is 1.83. The minimum absolute atomic E-state index is 0.332. The average Bonchev–Trinajstić information content (AvgIpc) is 2.74. The van der Waals surface area contributed by atoms with Crippen molar-refractivity contribution in [2.24, 2.45) is 0 Å². The Bertz CT molecular complexity index is 515. The lowest BCUT2D eigenvalue weighted by Crippen LogP contribution is -2.09. The number of hydrogen-bond donors (Lipinski definition) is 1. The maximum Gasteiger partial charge on any atom is 0.162 e. The molecule has 0 aromatic carbocycles. The summed E-state index contributed by atoms with van der Waals surface area (Å²) in [6, 6.07) is 1.96. The van der Waals surface area contributed by atoms with Gasteiger partial charge >= 0.3 is 0 Å². The van der Waals surface area contributed by atoms with E-state index < -0.39 is 0 Å². The lowest BCUT2D eigenvalue weighted by atomic mass is 10.0. The topological polar surface area (TPSA) is 55.6 Å². The first-order valence-electron chi connectivity index (χ1n) is 5.68. The maximum atomic E-state index is 4.40. The first-order valence-corrected chi connectivity index (χ1v) is 5.68. The van der Waals surface area contributed by atoms with Crippen molar-refractivity contribution in [2.45, 2.75) is 26.7 Å². The molecule has 0 amide bonds. The van der Waals surface area contributed by atoms with Gasteiger partial charge in [0.15, 0.2) is 5.82 Å². The summed E-state index contributed by atoms with van der Waals surface area (Å²) < 4.78 is 1.80. The van der Waals surface area contributed by atoms with Crippen LogP contribution in [-0.4, -0.2) is 26.8 Å². The van der Waals surface area contributed by atoms with E-state index in [1.54, 1.807) is 11.0 Å². The van der Waals surface area contributed by atoms with Gasteiger partial charge in [0.2, 0.25) is 0 Å². The fourth-order valence-electron chi connectivity index (χ4n) is 1.83. The van der Waals surface area contributed by atoms with Crippen LogP contribution in [0.25, 0.3) is 5.82 Å². The van der Waals surface area contributed by atoms with Gasteiger partial charge < -0.3 is 5.32 Å². The van der Waals surface area contributed by atoms with Crippen LogP contribution in [0.5, 0.6) is 0 Å². The van der Waals surface area contributed by atoms with E-state index in [1.165, 1.54) is 0 Å². The first-order chi connectivity index (χ1) is 8.13. The smallest absolute Gasteiger partial charge is 0.162 e. The highest BCUT2D eigenvalue weighted by atomic mass is 15.3. The van der Waals surface area contributed by atoms with Crippen LogP contribution in [0.2, 0.25) is 0 Å². The van der Waals surface area contributed by atoms with E-state index in [9.17, 15) is 0 Å². The highest BCUT2D eigenvalue weighted by Crippen LogP contribution is 2.26. The monoisotopic (exact) mass is 231 g/mol. The van der Waals surface area contributed by atoms with E-state index >= 15 is 0 Å². The van der Waals surface area contributed by atoms with Gasteiger partial charge in [0.25, 0.3) is 0 Å². The summed E-state index contributed by atoms with van der Waals surface area (Å²) in [5.41, 5.74) is 2.06. The van der Waals surface area contributed by atoms with Crippen molar-refractivity contribution in [3.05, 3.63) is 29.8 Å². The Morgan fingerprint density at radius 2 is 2.06 bits per heavy atom. The van der Waals surface area contributed by atoms with Crippen LogP contribution in [0.4, 0.5) is 5.82 Å². The molecule has 2 rings (SSSR count). The molecule has 2 aromatic heterocycles. The maximum absolute atomic E-state index is 4.40. The number of nitrogens with zero attached hydrogens (tertiary/aromatic N) is 4. The molecule has 0 fully saturated rings. The second-order valence-electron chi connectivity index (χ2n) is 4.27. The molecule has 1 N–H and O–H groups in total. The van der Waals surface area contributed by atoms with Crippen LogP contribution in [0.3, 0.4) is 0 Å². The summed E-state index contributed by atoms with van der Waals surface area (Å²) in [6.07, 6.45) is 3.48. The number of rotatable bonds is 3. The van der Waals surface area contributed by atoms with Crippen molar-refractivity contribution in [2.75, 3.05) is 12.4 Å². The van der Waals surface area contributed by atoms with Crippen LogP contribution < -0.4 is 5.32 Å². The van der Waals surface area contributed by atoms with Gasteiger partial charge in [-0.2, -0.15) is 5.10 Å². The van der Waals surface area contributed by atoms with E-state index in [1.807, 2.05) is 26.2 Å². The summed E-state index contributed by atoms with van der Waals surface area (Å²) in [6.45, 7) is 6.21. The van der Waals surface area contributed by atoms with Gasteiger partial charge in [-0.3, -0.25) is 0 Å². The Labute approximate surface area is 101 Å². The number of nitrogens with one attached hydrogen (secondary N) is 1. The summed E-state index contributed by atoms with van der Waals surface area (Å²) in [4.78, 5) is 8.59. The molecule has 0 aliphatic rings.